The third kappa shape index (κ3) is 1.64. The Kier molecular flexibility index (Phi) is 2.37. The number of benzene rings is 1. The van der Waals surface area contributed by atoms with Gasteiger partial charge in [0.05, 0.1) is 0 Å². The van der Waals surface area contributed by atoms with Crippen molar-refractivity contribution in [1.82, 2.24) is 0 Å². The summed E-state index contributed by atoms with van der Waals surface area (Å²) in [7, 11) is 0. The molecule has 0 bridgehead atoms. The van der Waals surface area contributed by atoms with E-state index in [4.69, 9.17) is 5.73 Å². The summed E-state index contributed by atoms with van der Waals surface area (Å²) in [5, 5.41) is 0. The Bertz CT molecular complexity index is 384. The third-order valence-corrected chi connectivity index (χ3v) is 4.40. The van der Waals surface area contributed by atoms with Gasteiger partial charge >= 0.3 is 0 Å². The quantitative estimate of drug-likeness (QED) is 0.872. The molecule has 2 heteroatoms. The zero-order chi connectivity index (χ0) is 10.4. The highest BCUT2D eigenvalue weighted by molar-refractivity contribution is 9.10. The molecule has 2 unspecified atom stereocenters. The third-order valence-electron chi connectivity index (χ3n) is 3.90. The van der Waals surface area contributed by atoms with Crippen LogP contribution in [0, 0.1) is 5.92 Å². The van der Waals surface area contributed by atoms with E-state index in [0.29, 0.717) is 5.92 Å². The Labute approximate surface area is 99.2 Å². The molecule has 0 saturated heterocycles. The van der Waals surface area contributed by atoms with Crippen LogP contribution >= 0.6 is 15.9 Å². The molecule has 1 saturated carbocycles. The highest BCUT2D eigenvalue weighted by Crippen LogP contribution is 2.53. The molecule has 15 heavy (non-hydrogen) atoms. The van der Waals surface area contributed by atoms with Gasteiger partial charge in [0.25, 0.3) is 0 Å². The van der Waals surface area contributed by atoms with Crippen LogP contribution in [0.3, 0.4) is 0 Å². The summed E-state index contributed by atoms with van der Waals surface area (Å²) in [4.78, 5) is 0. The molecule has 0 aromatic heterocycles. The lowest BCUT2D eigenvalue weighted by atomic mass is 9.96. The fourth-order valence-electron chi connectivity index (χ4n) is 2.97. The number of rotatable bonds is 2. The van der Waals surface area contributed by atoms with Gasteiger partial charge in [-0.1, -0.05) is 22.0 Å². The van der Waals surface area contributed by atoms with Crippen LogP contribution in [0.5, 0.6) is 0 Å². The highest BCUT2D eigenvalue weighted by Gasteiger charge is 2.39. The van der Waals surface area contributed by atoms with Gasteiger partial charge in [0, 0.05) is 4.47 Å². The number of hydrogen-bond acceptors (Lipinski definition) is 1. The molecule has 80 valence electrons. The molecule has 1 fully saturated rings. The minimum atomic E-state index is 0.600. The van der Waals surface area contributed by atoms with E-state index in [0.717, 1.165) is 18.4 Å². The Morgan fingerprint density at radius 1 is 1.27 bits per heavy atom. The second-order valence-corrected chi connectivity index (χ2v) is 5.80. The molecule has 0 spiro atoms. The van der Waals surface area contributed by atoms with Crippen molar-refractivity contribution in [1.29, 1.82) is 0 Å². The Balaban J connectivity index is 2.02. The van der Waals surface area contributed by atoms with E-state index < -0.39 is 0 Å². The average molecular weight is 266 g/mol. The van der Waals surface area contributed by atoms with Gasteiger partial charge in [-0.15, -0.1) is 0 Å². The van der Waals surface area contributed by atoms with Crippen LogP contribution in [0.15, 0.2) is 22.7 Å². The molecule has 2 aliphatic rings. The minimum absolute atomic E-state index is 0.600. The van der Waals surface area contributed by atoms with Crippen LogP contribution in [0.4, 0.5) is 0 Å². The maximum atomic E-state index is 5.87. The average Bonchev–Trinajstić information content (AvgIpc) is 3.01. The molecule has 2 aliphatic carbocycles. The van der Waals surface area contributed by atoms with Gasteiger partial charge in [0.2, 0.25) is 0 Å². The molecule has 0 aliphatic heterocycles. The summed E-state index contributed by atoms with van der Waals surface area (Å²) >= 11 is 3.55. The molecular weight excluding hydrogens is 250 g/mol. The number of hydrogen-bond donors (Lipinski definition) is 1. The first-order valence-electron chi connectivity index (χ1n) is 5.79. The predicted molar refractivity (Wildman–Crippen MR) is 66.0 cm³/mol. The summed E-state index contributed by atoms with van der Waals surface area (Å²) in [6, 6.07) is 6.75. The standard InChI is InChI=1S/C13H16BrN/c14-10-3-4-11-12(8-1-2-8)5-9(7-15)13(11)6-10/h3-4,6,8-9,12H,1-2,5,7,15H2. The van der Waals surface area contributed by atoms with Crippen LogP contribution in [0.1, 0.15) is 42.2 Å². The zero-order valence-electron chi connectivity index (χ0n) is 8.75. The zero-order valence-corrected chi connectivity index (χ0v) is 10.3. The lowest BCUT2D eigenvalue weighted by molar-refractivity contribution is 0.545. The maximum absolute atomic E-state index is 5.87. The molecule has 0 amide bonds. The Hall–Kier alpha value is -0.340. The van der Waals surface area contributed by atoms with Gasteiger partial charge in [-0.25, -0.2) is 0 Å². The fourth-order valence-corrected chi connectivity index (χ4v) is 3.34. The maximum Gasteiger partial charge on any atom is 0.0178 e. The van der Waals surface area contributed by atoms with Crippen LogP contribution in [0.2, 0.25) is 0 Å². The normalized spacial score (nSPS) is 29.2. The van der Waals surface area contributed by atoms with Crippen molar-refractivity contribution < 1.29 is 0 Å². The molecule has 3 rings (SSSR count). The summed E-state index contributed by atoms with van der Waals surface area (Å²) in [6.07, 6.45) is 4.14. The van der Waals surface area contributed by atoms with E-state index in [1.807, 2.05) is 0 Å². The van der Waals surface area contributed by atoms with Crippen LogP contribution in [0.25, 0.3) is 0 Å². The topological polar surface area (TPSA) is 26.0 Å². The van der Waals surface area contributed by atoms with Crippen molar-refractivity contribution in [3.63, 3.8) is 0 Å². The van der Waals surface area contributed by atoms with E-state index in [1.165, 1.54) is 29.3 Å². The molecule has 1 aromatic rings. The van der Waals surface area contributed by atoms with Crippen molar-refractivity contribution in [2.24, 2.45) is 11.7 Å². The van der Waals surface area contributed by atoms with E-state index in [1.54, 1.807) is 5.56 Å². The monoisotopic (exact) mass is 265 g/mol. The largest absolute Gasteiger partial charge is 0.330 e. The second-order valence-electron chi connectivity index (χ2n) is 4.89. The van der Waals surface area contributed by atoms with E-state index in [9.17, 15) is 0 Å². The number of nitrogens with two attached hydrogens (primary N) is 1. The SMILES string of the molecule is NCC1CC(C2CC2)c2ccc(Br)cc21. The Morgan fingerprint density at radius 2 is 2.07 bits per heavy atom. The summed E-state index contributed by atoms with van der Waals surface area (Å²) in [6.45, 7) is 0.798. The van der Waals surface area contributed by atoms with E-state index >= 15 is 0 Å². The van der Waals surface area contributed by atoms with Gasteiger partial charge in [-0.3, -0.25) is 0 Å². The van der Waals surface area contributed by atoms with Gasteiger partial charge in [-0.05, 0) is 66.8 Å². The van der Waals surface area contributed by atoms with Crippen LogP contribution in [-0.2, 0) is 0 Å². The molecule has 2 N–H and O–H groups in total. The molecule has 0 radical (unpaired) electrons. The van der Waals surface area contributed by atoms with E-state index in [-0.39, 0.29) is 0 Å². The van der Waals surface area contributed by atoms with Crippen LogP contribution in [-0.4, -0.2) is 6.54 Å². The Morgan fingerprint density at radius 3 is 2.73 bits per heavy atom. The van der Waals surface area contributed by atoms with Crippen molar-refractivity contribution >= 4 is 15.9 Å². The highest BCUT2D eigenvalue weighted by atomic mass is 79.9. The molecule has 1 aromatic carbocycles. The van der Waals surface area contributed by atoms with Crippen molar-refractivity contribution in [2.45, 2.75) is 31.1 Å². The smallest absolute Gasteiger partial charge is 0.0178 e. The summed E-state index contributed by atoms with van der Waals surface area (Å²) in [5.41, 5.74) is 8.95. The summed E-state index contributed by atoms with van der Waals surface area (Å²) in [5.74, 6) is 2.37. The lowest BCUT2D eigenvalue weighted by Crippen LogP contribution is -2.09. The van der Waals surface area contributed by atoms with Gasteiger partial charge < -0.3 is 5.73 Å². The summed E-state index contributed by atoms with van der Waals surface area (Å²) < 4.78 is 1.19. The van der Waals surface area contributed by atoms with Crippen molar-refractivity contribution in [2.75, 3.05) is 6.54 Å². The van der Waals surface area contributed by atoms with Gasteiger partial charge in [0.15, 0.2) is 0 Å². The number of fused-ring (bicyclic) bond motifs is 1. The molecule has 1 nitrogen and oxygen atoms in total. The van der Waals surface area contributed by atoms with Crippen molar-refractivity contribution in [3.8, 4) is 0 Å². The minimum Gasteiger partial charge on any atom is -0.330 e. The fraction of sp³-hybridized carbons (Fsp3) is 0.538. The molecular formula is C13H16BrN. The van der Waals surface area contributed by atoms with E-state index in [2.05, 4.69) is 34.1 Å². The lowest BCUT2D eigenvalue weighted by Gasteiger charge is -2.09. The first-order chi connectivity index (χ1) is 7.29. The van der Waals surface area contributed by atoms with Crippen molar-refractivity contribution in [3.05, 3.63) is 33.8 Å². The van der Waals surface area contributed by atoms with Gasteiger partial charge in [0.1, 0.15) is 0 Å². The molecule has 2 atom stereocenters. The van der Waals surface area contributed by atoms with Gasteiger partial charge in [-0.2, -0.15) is 0 Å². The first-order valence-corrected chi connectivity index (χ1v) is 6.58. The number of halogens is 1. The predicted octanol–water partition coefficient (Wildman–Crippen LogP) is 3.39. The van der Waals surface area contributed by atoms with Crippen LogP contribution < -0.4 is 5.73 Å². The first kappa shape index (κ1) is 9.86. The second kappa shape index (κ2) is 3.60. The molecule has 0 heterocycles.